The lowest BCUT2D eigenvalue weighted by atomic mass is 10.00. The molecule has 0 atom stereocenters. The zero-order valence-electron chi connectivity index (χ0n) is 14.3. The number of rotatable bonds is 2. The van der Waals surface area contributed by atoms with Gasteiger partial charge < -0.3 is 14.6 Å². The molecule has 0 saturated carbocycles. The number of para-hydroxylation sites is 1. The second-order valence-corrected chi connectivity index (χ2v) is 6.43. The quantitative estimate of drug-likeness (QED) is 0.584. The summed E-state index contributed by atoms with van der Waals surface area (Å²) < 4.78 is 5.37. The number of fused-ring (bicyclic) bond motifs is 4. The lowest BCUT2D eigenvalue weighted by molar-refractivity contribution is 0.0981. The number of Topliss-reactive ketones (excluding diaryl/α,β-unsaturated/α-hetero) is 1. The maximum atomic E-state index is 12.3. The minimum atomic E-state index is 0.182. The van der Waals surface area contributed by atoms with Gasteiger partial charge in [0.15, 0.2) is 11.6 Å². The van der Waals surface area contributed by atoms with E-state index in [1.165, 1.54) is 0 Å². The topological polar surface area (TPSA) is 58.2 Å². The summed E-state index contributed by atoms with van der Waals surface area (Å²) in [6.45, 7) is 0.618. The SMILES string of the molecule is COc1ccc2c(c1)nc(N1CCC(=O)c3ccccc31)c1[nH]ccc12. The number of aromatic amines is 1. The van der Waals surface area contributed by atoms with Crippen LogP contribution in [0.3, 0.4) is 0 Å². The standard InChI is InChI=1S/C21H17N3O2/c1-26-13-6-7-14-15-8-10-22-20(15)21(23-17(14)12-13)24-11-9-19(25)16-4-2-3-5-18(16)24/h2-8,10,12,22H,9,11H2,1H3. The summed E-state index contributed by atoms with van der Waals surface area (Å²) in [4.78, 5) is 22.7. The first-order chi connectivity index (χ1) is 12.8. The number of aromatic nitrogens is 2. The van der Waals surface area contributed by atoms with E-state index in [0.717, 1.165) is 44.6 Å². The second-order valence-electron chi connectivity index (χ2n) is 6.43. The fourth-order valence-electron chi connectivity index (χ4n) is 3.74. The van der Waals surface area contributed by atoms with Gasteiger partial charge in [0.05, 0.1) is 23.8 Å². The molecule has 0 radical (unpaired) electrons. The average molecular weight is 343 g/mol. The molecule has 0 bridgehead atoms. The predicted octanol–water partition coefficient (Wildman–Crippen LogP) is 4.45. The number of H-pyrrole nitrogens is 1. The monoisotopic (exact) mass is 343 g/mol. The van der Waals surface area contributed by atoms with Gasteiger partial charge in [0.1, 0.15) is 5.75 Å². The van der Waals surface area contributed by atoms with E-state index < -0.39 is 0 Å². The molecule has 3 heterocycles. The average Bonchev–Trinajstić information content (AvgIpc) is 3.18. The summed E-state index contributed by atoms with van der Waals surface area (Å²) in [6.07, 6.45) is 2.41. The van der Waals surface area contributed by atoms with Gasteiger partial charge in [-0.15, -0.1) is 0 Å². The lowest BCUT2D eigenvalue weighted by Gasteiger charge is -2.30. The summed E-state index contributed by atoms with van der Waals surface area (Å²) in [6, 6.07) is 15.7. The molecule has 2 aromatic carbocycles. The van der Waals surface area contributed by atoms with Crippen LogP contribution in [0.5, 0.6) is 5.75 Å². The Kier molecular flexibility index (Phi) is 3.22. The first-order valence-electron chi connectivity index (χ1n) is 8.61. The van der Waals surface area contributed by atoms with Crippen molar-refractivity contribution in [1.82, 2.24) is 9.97 Å². The number of carbonyl (C=O) groups excluding carboxylic acids is 1. The number of pyridine rings is 1. The Morgan fingerprint density at radius 2 is 2.00 bits per heavy atom. The molecule has 1 aliphatic rings. The van der Waals surface area contributed by atoms with Crippen molar-refractivity contribution in [3.63, 3.8) is 0 Å². The molecule has 0 unspecified atom stereocenters. The molecule has 0 spiro atoms. The molecule has 0 aliphatic carbocycles. The van der Waals surface area contributed by atoms with Crippen LogP contribution in [-0.4, -0.2) is 29.4 Å². The van der Waals surface area contributed by atoms with E-state index in [0.29, 0.717) is 13.0 Å². The van der Waals surface area contributed by atoms with Crippen LogP contribution in [0, 0.1) is 0 Å². The highest BCUT2D eigenvalue weighted by Gasteiger charge is 2.26. The molecule has 0 saturated heterocycles. The molecule has 0 amide bonds. The number of ether oxygens (including phenoxy) is 1. The third kappa shape index (κ3) is 2.10. The number of hydrogen-bond donors (Lipinski definition) is 1. The van der Waals surface area contributed by atoms with Gasteiger partial charge in [-0.2, -0.15) is 0 Å². The van der Waals surface area contributed by atoms with Crippen molar-refractivity contribution in [1.29, 1.82) is 0 Å². The van der Waals surface area contributed by atoms with Crippen molar-refractivity contribution in [2.45, 2.75) is 6.42 Å². The van der Waals surface area contributed by atoms with Crippen LogP contribution in [-0.2, 0) is 0 Å². The molecule has 0 fully saturated rings. The molecule has 5 nitrogen and oxygen atoms in total. The van der Waals surface area contributed by atoms with Crippen LogP contribution in [0.4, 0.5) is 11.5 Å². The molecule has 128 valence electrons. The van der Waals surface area contributed by atoms with Gasteiger partial charge in [-0.1, -0.05) is 12.1 Å². The van der Waals surface area contributed by atoms with E-state index in [4.69, 9.17) is 9.72 Å². The van der Waals surface area contributed by atoms with Crippen LogP contribution in [0.2, 0.25) is 0 Å². The van der Waals surface area contributed by atoms with Gasteiger partial charge in [0.25, 0.3) is 0 Å². The summed E-state index contributed by atoms with van der Waals surface area (Å²) in [5.41, 5.74) is 3.52. The smallest absolute Gasteiger partial charge is 0.166 e. The highest BCUT2D eigenvalue weighted by molar-refractivity contribution is 6.11. The molecule has 4 aromatic rings. The third-order valence-corrected chi connectivity index (χ3v) is 5.01. The third-order valence-electron chi connectivity index (χ3n) is 5.01. The number of nitrogens with zero attached hydrogens (tertiary/aromatic N) is 2. The normalized spacial score (nSPS) is 14.0. The van der Waals surface area contributed by atoms with Gasteiger partial charge >= 0.3 is 0 Å². The Bertz CT molecular complexity index is 1160. The fourth-order valence-corrected chi connectivity index (χ4v) is 3.74. The van der Waals surface area contributed by atoms with Crippen molar-refractivity contribution in [3.8, 4) is 5.75 Å². The van der Waals surface area contributed by atoms with E-state index in [1.807, 2.05) is 48.7 Å². The van der Waals surface area contributed by atoms with Gasteiger partial charge in [-0.05, 0) is 30.3 Å². The minimum Gasteiger partial charge on any atom is -0.497 e. The zero-order chi connectivity index (χ0) is 17.7. The van der Waals surface area contributed by atoms with E-state index in [2.05, 4.69) is 16.0 Å². The number of benzene rings is 2. The lowest BCUT2D eigenvalue weighted by Crippen LogP contribution is -2.28. The van der Waals surface area contributed by atoms with Crippen LogP contribution >= 0.6 is 0 Å². The van der Waals surface area contributed by atoms with Crippen molar-refractivity contribution in [2.24, 2.45) is 0 Å². The number of anilines is 2. The molecular formula is C21H17N3O2. The van der Waals surface area contributed by atoms with Crippen molar-refractivity contribution in [2.75, 3.05) is 18.6 Å². The molecule has 5 rings (SSSR count). The number of methoxy groups -OCH3 is 1. The van der Waals surface area contributed by atoms with Crippen molar-refractivity contribution < 1.29 is 9.53 Å². The highest BCUT2D eigenvalue weighted by atomic mass is 16.5. The number of hydrogen-bond acceptors (Lipinski definition) is 4. The molecular weight excluding hydrogens is 326 g/mol. The summed E-state index contributed by atoms with van der Waals surface area (Å²) in [7, 11) is 1.66. The highest BCUT2D eigenvalue weighted by Crippen LogP contribution is 2.38. The van der Waals surface area contributed by atoms with Crippen molar-refractivity contribution >= 4 is 39.1 Å². The van der Waals surface area contributed by atoms with E-state index in [-0.39, 0.29) is 5.78 Å². The molecule has 1 N–H and O–H groups in total. The number of nitrogens with one attached hydrogen (secondary N) is 1. The van der Waals surface area contributed by atoms with Gasteiger partial charge in [-0.25, -0.2) is 4.98 Å². The Balaban J connectivity index is 1.80. The molecule has 5 heteroatoms. The first kappa shape index (κ1) is 15.0. The van der Waals surface area contributed by atoms with Crippen LogP contribution < -0.4 is 9.64 Å². The van der Waals surface area contributed by atoms with Crippen LogP contribution in [0.15, 0.2) is 54.7 Å². The first-order valence-corrected chi connectivity index (χ1v) is 8.61. The van der Waals surface area contributed by atoms with E-state index >= 15 is 0 Å². The number of carbonyl (C=O) groups is 1. The number of ketones is 1. The molecule has 2 aromatic heterocycles. The molecule has 1 aliphatic heterocycles. The Morgan fingerprint density at radius 3 is 2.88 bits per heavy atom. The Hall–Kier alpha value is -3.34. The maximum absolute atomic E-state index is 12.3. The summed E-state index contributed by atoms with van der Waals surface area (Å²) in [5, 5.41) is 2.19. The van der Waals surface area contributed by atoms with Gasteiger partial charge in [0.2, 0.25) is 0 Å². The van der Waals surface area contributed by atoms with E-state index in [1.54, 1.807) is 7.11 Å². The largest absolute Gasteiger partial charge is 0.497 e. The second kappa shape index (κ2) is 5.59. The maximum Gasteiger partial charge on any atom is 0.166 e. The van der Waals surface area contributed by atoms with Crippen LogP contribution in [0.25, 0.3) is 21.8 Å². The van der Waals surface area contributed by atoms with Crippen LogP contribution in [0.1, 0.15) is 16.8 Å². The van der Waals surface area contributed by atoms with Gasteiger partial charge in [-0.3, -0.25) is 4.79 Å². The minimum absolute atomic E-state index is 0.182. The zero-order valence-corrected chi connectivity index (χ0v) is 14.3. The fraction of sp³-hybridized carbons (Fsp3) is 0.143. The molecule has 26 heavy (non-hydrogen) atoms. The van der Waals surface area contributed by atoms with Gasteiger partial charge in [0, 0.05) is 41.6 Å². The summed E-state index contributed by atoms with van der Waals surface area (Å²) in [5.74, 6) is 1.80. The predicted molar refractivity (Wildman–Crippen MR) is 103 cm³/mol. The Labute approximate surface area is 150 Å². The Morgan fingerprint density at radius 1 is 1.12 bits per heavy atom. The summed E-state index contributed by atoms with van der Waals surface area (Å²) >= 11 is 0. The van der Waals surface area contributed by atoms with Crippen molar-refractivity contribution in [3.05, 3.63) is 60.3 Å². The van der Waals surface area contributed by atoms with E-state index in [9.17, 15) is 4.79 Å².